The second kappa shape index (κ2) is 11.5. The minimum absolute atomic E-state index is 0.659. The molecule has 4 heteroatoms. The van der Waals surface area contributed by atoms with Gasteiger partial charge in [-0.05, 0) is 44.5 Å². The molecule has 1 aliphatic heterocycles. The maximum Gasteiger partial charge on any atom is 0.246 e. The van der Waals surface area contributed by atoms with Crippen LogP contribution in [0.4, 0.5) is 0 Å². The molecule has 0 atom stereocenters. The van der Waals surface area contributed by atoms with Gasteiger partial charge < -0.3 is 4.74 Å². The molecule has 4 nitrogen and oxygen atoms in total. The number of aromatic nitrogens is 2. The molecule has 0 saturated carbocycles. The second-order valence-electron chi connectivity index (χ2n) is 7.97. The van der Waals surface area contributed by atoms with Crippen LogP contribution in [0, 0.1) is 0 Å². The number of para-hydroxylation sites is 2. The van der Waals surface area contributed by atoms with Crippen molar-refractivity contribution < 1.29 is 9.30 Å². The fraction of sp³-hybridized carbons (Fsp3) is 0.696. The molecule has 2 heterocycles. The van der Waals surface area contributed by atoms with Crippen molar-refractivity contribution in [2.45, 2.75) is 78.0 Å². The quantitative estimate of drug-likeness (QED) is 0.396. The molecular weight excluding hydrogens is 334 g/mol. The van der Waals surface area contributed by atoms with Crippen molar-refractivity contribution in [3.05, 3.63) is 30.6 Å². The molecule has 0 spiro atoms. The summed E-state index contributed by atoms with van der Waals surface area (Å²) in [5.74, 6) is 0. The predicted molar refractivity (Wildman–Crippen MR) is 112 cm³/mol. The monoisotopic (exact) mass is 372 g/mol. The molecule has 1 saturated heterocycles. The van der Waals surface area contributed by atoms with E-state index in [2.05, 4.69) is 51.6 Å². The summed E-state index contributed by atoms with van der Waals surface area (Å²) < 4.78 is 10.6. The number of imidazole rings is 1. The van der Waals surface area contributed by atoms with E-state index in [9.17, 15) is 0 Å². The first kappa shape index (κ1) is 20.3. The van der Waals surface area contributed by atoms with Gasteiger partial charge >= 0.3 is 0 Å². The summed E-state index contributed by atoms with van der Waals surface area (Å²) in [6, 6.07) is 8.71. The van der Waals surface area contributed by atoms with Gasteiger partial charge in [0.1, 0.15) is 6.54 Å². The van der Waals surface area contributed by atoms with Gasteiger partial charge in [-0.3, -0.25) is 4.90 Å². The standard InChI is InChI=1S/C23H38N3O/c1-2-3-4-5-6-12-19-27-21-26-20-25(22-13-8-9-14-23(22)26)18-17-24-15-10-7-11-16-24/h8-9,13-14,20H,2-7,10-12,15-19,21H2,1H3/q+1. The second-order valence-corrected chi connectivity index (χ2v) is 7.97. The summed E-state index contributed by atoms with van der Waals surface area (Å²) in [5, 5.41) is 0. The zero-order chi connectivity index (χ0) is 18.7. The third-order valence-electron chi connectivity index (χ3n) is 5.76. The number of hydrogen-bond acceptors (Lipinski definition) is 2. The van der Waals surface area contributed by atoms with Crippen LogP contribution < -0.4 is 4.57 Å². The highest BCUT2D eigenvalue weighted by atomic mass is 16.5. The molecule has 0 unspecified atom stereocenters. The first-order valence-corrected chi connectivity index (χ1v) is 11.2. The van der Waals surface area contributed by atoms with Crippen LogP contribution in [0.3, 0.4) is 0 Å². The lowest BCUT2D eigenvalue weighted by molar-refractivity contribution is -0.710. The Morgan fingerprint density at radius 3 is 2.56 bits per heavy atom. The molecule has 1 aliphatic rings. The number of fused-ring (bicyclic) bond motifs is 1. The maximum atomic E-state index is 5.98. The molecule has 150 valence electrons. The van der Waals surface area contributed by atoms with Crippen LogP contribution in [0.25, 0.3) is 11.0 Å². The molecule has 0 amide bonds. The summed E-state index contributed by atoms with van der Waals surface area (Å²) in [7, 11) is 0. The van der Waals surface area contributed by atoms with Crippen molar-refractivity contribution in [3.8, 4) is 0 Å². The number of hydrogen-bond donors (Lipinski definition) is 0. The highest BCUT2D eigenvalue weighted by Crippen LogP contribution is 2.13. The van der Waals surface area contributed by atoms with Gasteiger partial charge in [0.25, 0.3) is 0 Å². The molecule has 1 aromatic heterocycles. The van der Waals surface area contributed by atoms with E-state index >= 15 is 0 Å². The topological polar surface area (TPSA) is 21.3 Å². The Kier molecular flexibility index (Phi) is 8.63. The number of rotatable bonds is 12. The van der Waals surface area contributed by atoms with Gasteiger partial charge in [0.05, 0.1) is 6.61 Å². The van der Waals surface area contributed by atoms with E-state index in [4.69, 9.17) is 4.74 Å². The van der Waals surface area contributed by atoms with E-state index < -0.39 is 0 Å². The molecule has 2 aromatic rings. The average molecular weight is 373 g/mol. The number of unbranched alkanes of at least 4 members (excludes halogenated alkanes) is 5. The first-order valence-electron chi connectivity index (χ1n) is 11.2. The van der Waals surface area contributed by atoms with Gasteiger partial charge in [-0.1, -0.05) is 57.6 Å². The Morgan fingerprint density at radius 1 is 0.926 bits per heavy atom. The van der Waals surface area contributed by atoms with Crippen molar-refractivity contribution in [1.82, 2.24) is 9.47 Å². The summed E-state index contributed by atoms with van der Waals surface area (Å²) in [4.78, 5) is 2.61. The summed E-state index contributed by atoms with van der Waals surface area (Å²) in [6.07, 6.45) is 14.2. The number of likely N-dealkylation sites (tertiary alicyclic amines) is 1. The molecule has 0 aliphatic carbocycles. The fourth-order valence-electron chi connectivity index (χ4n) is 4.10. The van der Waals surface area contributed by atoms with E-state index in [1.54, 1.807) is 0 Å². The van der Waals surface area contributed by atoms with Crippen LogP contribution >= 0.6 is 0 Å². The fourth-order valence-corrected chi connectivity index (χ4v) is 4.10. The molecule has 0 bridgehead atoms. The Morgan fingerprint density at radius 2 is 1.70 bits per heavy atom. The van der Waals surface area contributed by atoms with Crippen LogP contribution in [0.2, 0.25) is 0 Å². The van der Waals surface area contributed by atoms with Crippen LogP contribution in [0.5, 0.6) is 0 Å². The highest BCUT2D eigenvalue weighted by Gasteiger charge is 2.17. The van der Waals surface area contributed by atoms with Crippen molar-refractivity contribution in [1.29, 1.82) is 0 Å². The maximum absolute atomic E-state index is 5.98. The van der Waals surface area contributed by atoms with Crippen LogP contribution in [-0.2, 0) is 18.0 Å². The SMILES string of the molecule is CCCCCCCCOC[n+]1cn(CCN2CCCCC2)c2ccccc21. The van der Waals surface area contributed by atoms with Gasteiger partial charge in [-0.2, -0.15) is 0 Å². The van der Waals surface area contributed by atoms with Crippen molar-refractivity contribution in [2.75, 3.05) is 26.2 Å². The molecule has 0 radical (unpaired) electrons. The van der Waals surface area contributed by atoms with Crippen molar-refractivity contribution in [2.24, 2.45) is 0 Å². The normalized spacial score (nSPS) is 15.6. The highest BCUT2D eigenvalue weighted by molar-refractivity contribution is 5.71. The third kappa shape index (κ3) is 6.32. The van der Waals surface area contributed by atoms with Crippen LogP contribution in [0.1, 0.15) is 64.7 Å². The Hall–Kier alpha value is -1.39. The third-order valence-corrected chi connectivity index (χ3v) is 5.76. The van der Waals surface area contributed by atoms with E-state index in [1.807, 2.05) is 0 Å². The van der Waals surface area contributed by atoms with E-state index in [0.717, 1.165) is 19.7 Å². The molecule has 0 N–H and O–H groups in total. The molecule has 3 rings (SSSR count). The minimum Gasteiger partial charge on any atom is -0.342 e. The molecule has 1 aromatic carbocycles. The lowest BCUT2D eigenvalue weighted by Gasteiger charge is -2.25. The first-order chi connectivity index (χ1) is 13.4. The number of ether oxygens (including phenoxy) is 1. The molecular formula is C23H38N3O+. The lowest BCUT2D eigenvalue weighted by atomic mass is 10.1. The van der Waals surface area contributed by atoms with E-state index in [-0.39, 0.29) is 0 Å². The van der Waals surface area contributed by atoms with Crippen molar-refractivity contribution >= 4 is 11.0 Å². The van der Waals surface area contributed by atoms with Gasteiger partial charge in [-0.25, -0.2) is 9.13 Å². The molecule has 1 fully saturated rings. The smallest absolute Gasteiger partial charge is 0.246 e. The predicted octanol–water partition coefficient (Wildman–Crippen LogP) is 4.75. The van der Waals surface area contributed by atoms with Gasteiger partial charge in [0.15, 0.2) is 17.8 Å². The minimum atomic E-state index is 0.659. The Balaban J connectivity index is 1.48. The Labute approximate surface area is 165 Å². The average Bonchev–Trinajstić information content (AvgIpc) is 3.07. The Bertz CT molecular complexity index is 661. The van der Waals surface area contributed by atoms with Crippen molar-refractivity contribution in [3.63, 3.8) is 0 Å². The zero-order valence-corrected chi connectivity index (χ0v) is 17.2. The van der Waals surface area contributed by atoms with Crippen LogP contribution in [0.15, 0.2) is 30.6 Å². The molecule has 27 heavy (non-hydrogen) atoms. The van der Waals surface area contributed by atoms with E-state index in [0.29, 0.717) is 6.73 Å². The summed E-state index contributed by atoms with van der Waals surface area (Å²) in [5.41, 5.74) is 2.59. The zero-order valence-electron chi connectivity index (χ0n) is 17.2. The van der Waals surface area contributed by atoms with Crippen LogP contribution in [-0.4, -0.2) is 35.7 Å². The largest absolute Gasteiger partial charge is 0.342 e. The lowest BCUT2D eigenvalue weighted by Crippen LogP contribution is -2.35. The number of benzene rings is 1. The van der Waals surface area contributed by atoms with E-state index in [1.165, 1.54) is 81.9 Å². The number of nitrogens with zero attached hydrogens (tertiary/aromatic N) is 3. The van der Waals surface area contributed by atoms with Gasteiger partial charge in [-0.15, -0.1) is 0 Å². The summed E-state index contributed by atoms with van der Waals surface area (Å²) in [6.45, 7) is 8.53. The summed E-state index contributed by atoms with van der Waals surface area (Å²) >= 11 is 0. The number of piperidine rings is 1. The van der Waals surface area contributed by atoms with Gasteiger partial charge in [0, 0.05) is 6.54 Å². The van der Waals surface area contributed by atoms with Gasteiger partial charge in [0.2, 0.25) is 6.33 Å².